The van der Waals surface area contributed by atoms with E-state index in [1.165, 1.54) is 0 Å². The Labute approximate surface area is 114 Å². The summed E-state index contributed by atoms with van der Waals surface area (Å²) in [5.74, 6) is -0.984. The van der Waals surface area contributed by atoms with Crippen molar-refractivity contribution in [3.8, 4) is 0 Å². The van der Waals surface area contributed by atoms with Crippen molar-refractivity contribution >= 4 is 23.3 Å². The maximum atomic E-state index is 11.6. The van der Waals surface area contributed by atoms with E-state index in [-0.39, 0.29) is 23.5 Å². The van der Waals surface area contributed by atoms with Gasteiger partial charge in [-0.05, 0) is 19.8 Å². The second kappa shape index (κ2) is 5.83. The highest BCUT2D eigenvalue weighted by Gasteiger charge is 2.16. The zero-order chi connectivity index (χ0) is 13.8. The van der Waals surface area contributed by atoms with Gasteiger partial charge in [-0.25, -0.2) is 14.6 Å². The fraction of sp³-hybridized carbons (Fsp3) is 0.417. The minimum atomic E-state index is -0.984. The number of urea groups is 1. The molecule has 3 N–H and O–H groups in total. The number of carboxylic acids is 1. The predicted molar refractivity (Wildman–Crippen MR) is 71.3 cm³/mol. The standard InChI is InChI=1S/C12H15N3O3S/c1-7-10(11(16)17)19-9(14-7)6-13-12(18)15-8-4-2-3-5-8/h2-3,8H,4-6H2,1H3,(H,16,17)(H2,13,15,18). The maximum Gasteiger partial charge on any atom is 0.347 e. The molecule has 0 aromatic carbocycles. The average molecular weight is 281 g/mol. The number of hydrogen-bond donors (Lipinski definition) is 3. The molecule has 6 nitrogen and oxygen atoms in total. The molecular weight excluding hydrogens is 266 g/mol. The Hall–Kier alpha value is -1.89. The van der Waals surface area contributed by atoms with Crippen LogP contribution in [0.5, 0.6) is 0 Å². The lowest BCUT2D eigenvalue weighted by Gasteiger charge is -2.12. The molecule has 0 unspecified atom stereocenters. The summed E-state index contributed by atoms with van der Waals surface area (Å²) < 4.78 is 0. The van der Waals surface area contributed by atoms with Gasteiger partial charge in [0.25, 0.3) is 0 Å². The molecule has 102 valence electrons. The number of aromatic carboxylic acids is 1. The van der Waals surface area contributed by atoms with E-state index in [2.05, 4.69) is 15.6 Å². The molecule has 0 atom stereocenters. The molecule has 1 aromatic rings. The van der Waals surface area contributed by atoms with E-state index in [0.717, 1.165) is 24.2 Å². The van der Waals surface area contributed by atoms with E-state index in [0.29, 0.717) is 10.7 Å². The van der Waals surface area contributed by atoms with Crippen LogP contribution in [0.4, 0.5) is 4.79 Å². The zero-order valence-corrected chi connectivity index (χ0v) is 11.3. The van der Waals surface area contributed by atoms with Gasteiger partial charge in [-0.15, -0.1) is 11.3 Å². The molecular formula is C12H15N3O3S. The summed E-state index contributed by atoms with van der Waals surface area (Å²) in [5.41, 5.74) is 0.481. The van der Waals surface area contributed by atoms with Crippen molar-refractivity contribution in [2.24, 2.45) is 0 Å². The Morgan fingerprint density at radius 3 is 2.74 bits per heavy atom. The molecule has 0 spiro atoms. The summed E-state index contributed by atoms with van der Waals surface area (Å²) in [4.78, 5) is 26.8. The van der Waals surface area contributed by atoms with Gasteiger partial charge in [0.15, 0.2) is 0 Å². The summed E-state index contributed by atoms with van der Waals surface area (Å²) in [6.45, 7) is 1.89. The van der Waals surface area contributed by atoms with Gasteiger partial charge in [-0.1, -0.05) is 12.2 Å². The first kappa shape index (κ1) is 13.5. The first-order valence-corrected chi connectivity index (χ1v) is 6.77. The third-order valence-electron chi connectivity index (χ3n) is 2.78. The number of rotatable bonds is 4. The molecule has 1 heterocycles. The van der Waals surface area contributed by atoms with Crippen molar-refractivity contribution in [2.45, 2.75) is 32.4 Å². The van der Waals surface area contributed by atoms with Crippen LogP contribution in [0.1, 0.15) is 33.2 Å². The molecule has 0 aliphatic heterocycles. The number of aryl methyl sites for hydroxylation is 1. The van der Waals surface area contributed by atoms with E-state index in [4.69, 9.17) is 5.11 Å². The van der Waals surface area contributed by atoms with Crippen molar-refractivity contribution in [3.63, 3.8) is 0 Å². The quantitative estimate of drug-likeness (QED) is 0.732. The number of carboxylic acid groups (broad SMARTS) is 1. The first-order chi connectivity index (χ1) is 9.06. The lowest BCUT2D eigenvalue weighted by Crippen LogP contribution is -2.40. The fourth-order valence-electron chi connectivity index (χ4n) is 1.85. The van der Waals surface area contributed by atoms with Crippen LogP contribution in [0, 0.1) is 6.92 Å². The second-order valence-electron chi connectivity index (χ2n) is 4.29. The largest absolute Gasteiger partial charge is 0.477 e. The van der Waals surface area contributed by atoms with Crippen LogP contribution in [0.15, 0.2) is 12.2 Å². The normalized spacial score (nSPS) is 14.6. The molecule has 2 amide bonds. The fourth-order valence-corrected chi connectivity index (χ4v) is 2.70. The Kier molecular flexibility index (Phi) is 4.16. The summed E-state index contributed by atoms with van der Waals surface area (Å²) in [5, 5.41) is 15.0. The van der Waals surface area contributed by atoms with Gasteiger partial charge in [-0.3, -0.25) is 0 Å². The monoisotopic (exact) mass is 281 g/mol. The number of thiazole rings is 1. The van der Waals surface area contributed by atoms with Crippen molar-refractivity contribution in [3.05, 3.63) is 27.7 Å². The average Bonchev–Trinajstić information content (AvgIpc) is 2.96. The van der Waals surface area contributed by atoms with E-state index in [1.807, 2.05) is 12.2 Å². The Morgan fingerprint density at radius 2 is 2.16 bits per heavy atom. The SMILES string of the molecule is Cc1nc(CNC(=O)NC2CC=CC2)sc1C(=O)O. The van der Waals surface area contributed by atoms with E-state index in [1.54, 1.807) is 6.92 Å². The van der Waals surface area contributed by atoms with Crippen LogP contribution in [0.3, 0.4) is 0 Å². The van der Waals surface area contributed by atoms with Gasteiger partial charge in [0.2, 0.25) is 0 Å². The molecule has 1 aliphatic rings. The highest BCUT2D eigenvalue weighted by atomic mass is 32.1. The second-order valence-corrected chi connectivity index (χ2v) is 5.38. The molecule has 0 radical (unpaired) electrons. The minimum absolute atomic E-state index is 0.160. The molecule has 0 bridgehead atoms. The third kappa shape index (κ3) is 3.54. The topological polar surface area (TPSA) is 91.3 Å². The smallest absolute Gasteiger partial charge is 0.347 e. The molecule has 19 heavy (non-hydrogen) atoms. The van der Waals surface area contributed by atoms with Gasteiger partial charge in [0.1, 0.15) is 9.88 Å². The van der Waals surface area contributed by atoms with Gasteiger partial charge in [0, 0.05) is 6.04 Å². The van der Waals surface area contributed by atoms with E-state index < -0.39 is 5.97 Å². The van der Waals surface area contributed by atoms with Crippen molar-refractivity contribution in [1.82, 2.24) is 15.6 Å². The van der Waals surface area contributed by atoms with Crippen molar-refractivity contribution < 1.29 is 14.7 Å². The molecule has 0 saturated carbocycles. The van der Waals surface area contributed by atoms with Crippen LogP contribution < -0.4 is 10.6 Å². The Bertz CT molecular complexity index is 516. The predicted octanol–water partition coefficient (Wildman–Crippen LogP) is 1.67. The molecule has 1 aromatic heterocycles. The summed E-state index contributed by atoms with van der Waals surface area (Å²) in [6, 6.07) is -0.0916. The summed E-state index contributed by atoms with van der Waals surface area (Å²) in [6.07, 6.45) is 5.78. The van der Waals surface area contributed by atoms with Crippen LogP contribution in [-0.4, -0.2) is 28.1 Å². The van der Waals surface area contributed by atoms with Crippen LogP contribution in [0.2, 0.25) is 0 Å². The summed E-state index contributed by atoms with van der Waals surface area (Å²) in [7, 11) is 0. The first-order valence-electron chi connectivity index (χ1n) is 5.95. The lowest BCUT2D eigenvalue weighted by atomic mass is 10.2. The molecule has 1 aliphatic carbocycles. The van der Waals surface area contributed by atoms with E-state index >= 15 is 0 Å². The van der Waals surface area contributed by atoms with Gasteiger partial charge < -0.3 is 15.7 Å². The van der Waals surface area contributed by atoms with Gasteiger partial charge in [-0.2, -0.15) is 0 Å². The molecule has 2 rings (SSSR count). The highest BCUT2D eigenvalue weighted by molar-refractivity contribution is 7.13. The van der Waals surface area contributed by atoms with Crippen LogP contribution >= 0.6 is 11.3 Å². The van der Waals surface area contributed by atoms with Crippen LogP contribution in [-0.2, 0) is 6.54 Å². The third-order valence-corrected chi connectivity index (χ3v) is 3.92. The maximum absolute atomic E-state index is 11.6. The minimum Gasteiger partial charge on any atom is -0.477 e. The molecule has 0 fully saturated rings. The number of hydrogen-bond acceptors (Lipinski definition) is 4. The molecule has 0 saturated heterocycles. The molecule has 7 heteroatoms. The highest BCUT2D eigenvalue weighted by Crippen LogP contribution is 2.17. The lowest BCUT2D eigenvalue weighted by molar-refractivity contribution is 0.0701. The Balaban J connectivity index is 1.83. The van der Waals surface area contributed by atoms with Crippen molar-refractivity contribution in [1.29, 1.82) is 0 Å². The number of nitrogens with zero attached hydrogens (tertiary/aromatic N) is 1. The zero-order valence-electron chi connectivity index (χ0n) is 10.5. The van der Waals surface area contributed by atoms with Crippen LogP contribution in [0.25, 0.3) is 0 Å². The van der Waals surface area contributed by atoms with Gasteiger partial charge in [0.05, 0.1) is 12.2 Å². The number of aromatic nitrogens is 1. The van der Waals surface area contributed by atoms with Crippen molar-refractivity contribution in [2.75, 3.05) is 0 Å². The number of nitrogens with one attached hydrogen (secondary N) is 2. The number of carbonyl (C=O) groups excluding carboxylic acids is 1. The number of carbonyl (C=O) groups is 2. The number of amides is 2. The Morgan fingerprint density at radius 1 is 1.47 bits per heavy atom. The van der Waals surface area contributed by atoms with Gasteiger partial charge >= 0.3 is 12.0 Å². The van der Waals surface area contributed by atoms with E-state index in [9.17, 15) is 9.59 Å². The summed E-state index contributed by atoms with van der Waals surface area (Å²) >= 11 is 1.09.